The predicted octanol–water partition coefficient (Wildman–Crippen LogP) is 4.56. The Morgan fingerprint density at radius 1 is 1.00 bits per heavy atom. The van der Waals surface area contributed by atoms with Gasteiger partial charge in [-0.1, -0.05) is 42.5 Å². The van der Waals surface area contributed by atoms with E-state index in [1.807, 2.05) is 42.5 Å². The molecule has 0 aliphatic heterocycles. The minimum atomic E-state index is -0.582. The van der Waals surface area contributed by atoms with Crippen LogP contribution in [0.4, 0.5) is 4.39 Å². The number of pyridine rings is 1. The van der Waals surface area contributed by atoms with Crippen molar-refractivity contribution >= 4 is 16.8 Å². The van der Waals surface area contributed by atoms with E-state index < -0.39 is 11.7 Å². The summed E-state index contributed by atoms with van der Waals surface area (Å²) in [7, 11) is 1.56. The number of aromatic nitrogens is 1. The molecule has 0 saturated carbocycles. The van der Waals surface area contributed by atoms with Crippen LogP contribution in [0.25, 0.3) is 10.9 Å². The van der Waals surface area contributed by atoms with Gasteiger partial charge in [-0.25, -0.2) is 4.39 Å². The highest BCUT2D eigenvalue weighted by Crippen LogP contribution is 2.20. The highest BCUT2D eigenvalue weighted by Gasteiger charge is 2.20. The molecular formula is C26H23FN2O3. The highest BCUT2D eigenvalue weighted by molar-refractivity contribution is 5.94. The molecule has 162 valence electrons. The van der Waals surface area contributed by atoms with E-state index in [9.17, 15) is 14.0 Å². The summed E-state index contributed by atoms with van der Waals surface area (Å²) < 4.78 is 19.5. The Morgan fingerprint density at radius 3 is 2.50 bits per heavy atom. The van der Waals surface area contributed by atoms with Crippen molar-refractivity contribution in [1.82, 2.24) is 9.88 Å². The van der Waals surface area contributed by atoms with E-state index in [0.717, 1.165) is 10.9 Å². The second-order valence-electron chi connectivity index (χ2n) is 7.52. The van der Waals surface area contributed by atoms with Crippen LogP contribution < -0.4 is 10.3 Å². The first-order chi connectivity index (χ1) is 15.5. The van der Waals surface area contributed by atoms with Gasteiger partial charge in [-0.15, -0.1) is 0 Å². The van der Waals surface area contributed by atoms with E-state index in [-0.39, 0.29) is 17.7 Å². The summed E-state index contributed by atoms with van der Waals surface area (Å²) in [6, 6.07) is 22.8. The van der Waals surface area contributed by atoms with Crippen LogP contribution in [0.2, 0.25) is 0 Å². The van der Waals surface area contributed by atoms with Crippen molar-refractivity contribution in [1.29, 1.82) is 0 Å². The Bertz CT molecular complexity index is 1300. The average Bonchev–Trinajstić information content (AvgIpc) is 2.82. The molecule has 32 heavy (non-hydrogen) atoms. The first-order valence-corrected chi connectivity index (χ1v) is 10.3. The van der Waals surface area contributed by atoms with Crippen molar-refractivity contribution in [3.63, 3.8) is 0 Å². The molecule has 0 saturated heterocycles. The Labute approximate surface area is 185 Å². The lowest BCUT2D eigenvalue weighted by Gasteiger charge is -2.23. The molecule has 0 aliphatic rings. The summed E-state index contributed by atoms with van der Waals surface area (Å²) in [5.41, 5.74) is 1.83. The SMILES string of the molecule is COc1ccc2cc(CN(CCc3ccccc3)C(=O)c3ccccc3F)c(=O)[nH]c2c1. The molecule has 3 aromatic carbocycles. The van der Waals surface area contributed by atoms with Crippen molar-refractivity contribution in [2.45, 2.75) is 13.0 Å². The van der Waals surface area contributed by atoms with Crippen molar-refractivity contribution in [2.75, 3.05) is 13.7 Å². The third-order valence-corrected chi connectivity index (χ3v) is 5.40. The lowest BCUT2D eigenvalue weighted by molar-refractivity contribution is 0.0740. The number of aromatic amines is 1. The van der Waals surface area contributed by atoms with Gasteiger partial charge in [0.25, 0.3) is 11.5 Å². The molecule has 6 heteroatoms. The molecule has 1 heterocycles. The van der Waals surface area contributed by atoms with Crippen LogP contribution in [0.1, 0.15) is 21.5 Å². The fraction of sp³-hybridized carbons (Fsp3) is 0.154. The Hall–Kier alpha value is -3.93. The maximum absolute atomic E-state index is 14.3. The molecule has 0 fully saturated rings. The van der Waals surface area contributed by atoms with Gasteiger partial charge in [0.05, 0.1) is 24.7 Å². The number of nitrogens with zero attached hydrogens (tertiary/aromatic N) is 1. The van der Waals surface area contributed by atoms with Gasteiger partial charge in [0.2, 0.25) is 0 Å². The van der Waals surface area contributed by atoms with Crippen LogP contribution in [0.5, 0.6) is 5.75 Å². The molecule has 1 N–H and O–H groups in total. The average molecular weight is 430 g/mol. The molecule has 1 amide bonds. The van der Waals surface area contributed by atoms with E-state index in [4.69, 9.17) is 4.74 Å². The lowest BCUT2D eigenvalue weighted by Crippen LogP contribution is -2.35. The number of carbonyl (C=O) groups is 1. The lowest BCUT2D eigenvalue weighted by atomic mass is 10.1. The molecule has 4 aromatic rings. The zero-order chi connectivity index (χ0) is 22.5. The summed E-state index contributed by atoms with van der Waals surface area (Å²) in [6.45, 7) is 0.411. The molecule has 0 radical (unpaired) electrons. The van der Waals surface area contributed by atoms with Crippen LogP contribution in [-0.2, 0) is 13.0 Å². The van der Waals surface area contributed by atoms with Gasteiger partial charge in [-0.3, -0.25) is 9.59 Å². The third-order valence-electron chi connectivity index (χ3n) is 5.40. The van der Waals surface area contributed by atoms with Crippen molar-refractivity contribution in [3.8, 4) is 5.75 Å². The van der Waals surface area contributed by atoms with E-state index in [1.54, 1.807) is 31.4 Å². The maximum atomic E-state index is 14.3. The molecular weight excluding hydrogens is 407 g/mol. The largest absolute Gasteiger partial charge is 0.497 e. The number of H-pyrrole nitrogens is 1. The first-order valence-electron chi connectivity index (χ1n) is 10.3. The van der Waals surface area contributed by atoms with Gasteiger partial charge in [-0.2, -0.15) is 0 Å². The zero-order valence-electron chi connectivity index (χ0n) is 17.7. The second-order valence-corrected chi connectivity index (χ2v) is 7.52. The number of methoxy groups -OCH3 is 1. The minimum Gasteiger partial charge on any atom is -0.497 e. The van der Waals surface area contributed by atoms with Crippen LogP contribution in [0, 0.1) is 5.82 Å². The summed E-state index contributed by atoms with van der Waals surface area (Å²) in [5.74, 6) is -0.393. The summed E-state index contributed by atoms with van der Waals surface area (Å²) >= 11 is 0. The number of hydrogen-bond acceptors (Lipinski definition) is 3. The molecule has 0 atom stereocenters. The molecule has 4 rings (SSSR count). The van der Waals surface area contributed by atoms with E-state index in [0.29, 0.717) is 29.8 Å². The van der Waals surface area contributed by atoms with E-state index >= 15 is 0 Å². The molecule has 0 spiro atoms. The summed E-state index contributed by atoms with van der Waals surface area (Å²) in [6.07, 6.45) is 0.587. The molecule has 0 bridgehead atoms. The standard InChI is InChI=1S/C26H23FN2O3/c1-32-21-12-11-19-15-20(25(30)28-24(19)16-21)17-29(14-13-18-7-3-2-4-8-18)26(31)22-9-5-6-10-23(22)27/h2-12,15-16H,13-14,17H2,1H3,(H,28,30). The monoisotopic (exact) mass is 430 g/mol. The molecule has 0 aliphatic carbocycles. The fourth-order valence-corrected chi connectivity index (χ4v) is 3.64. The summed E-state index contributed by atoms with van der Waals surface area (Å²) in [5, 5.41) is 0.821. The predicted molar refractivity (Wildman–Crippen MR) is 122 cm³/mol. The molecule has 5 nitrogen and oxygen atoms in total. The van der Waals surface area contributed by atoms with Gasteiger partial charge in [0.1, 0.15) is 11.6 Å². The number of halogens is 1. The van der Waals surface area contributed by atoms with Crippen LogP contribution >= 0.6 is 0 Å². The van der Waals surface area contributed by atoms with Crippen LogP contribution in [-0.4, -0.2) is 29.4 Å². The zero-order valence-corrected chi connectivity index (χ0v) is 17.7. The highest BCUT2D eigenvalue weighted by atomic mass is 19.1. The molecule has 0 unspecified atom stereocenters. The van der Waals surface area contributed by atoms with E-state index in [2.05, 4.69) is 4.98 Å². The van der Waals surface area contributed by atoms with Crippen LogP contribution in [0.15, 0.2) is 83.7 Å². The molecule has 1 aromatic heterocycles. The quantitative estimate of drug-likeness (QED) is 0.468. The maximum Gasteiger partial charge on any atom is 0.257 e. The van der Waals surface area contributed by atoms with E-state index in [1.165, 1.54) is 17.0 Å². The van der Waals surface area contributed by atoms with Crippen molar-refractivity contribution < 1.29 is 13.9 Å². The van der Waals surface area contributed by atoms with Gasteiger partial charge in [0, 0.05) is 18.2 Å². The Morgan fingerprint density at radius 2 is 1.75 bits per heavy atom. The van der Waals surface area contributed by atoms with Gasteiger partial charge in [0.15, 0.2) is 0 Å². The second kappa shape index (κ2) is 9.47. The van der Waals surface area contributed by atoms with Crippen molar-refractivity contribution in [3.05, 3.63) is 112 Å². The Balaban J connectivity index is 1.66. The van der Waals surface area contributed by atoms with Crippen LogP contribution in [0.3, 0.4) is 0 Å². The van der Waals surface area contributed by atoms with Gasteiger partial charge >= 0.3 is 0 Å². The Kier molecular flexibility index (Phi) is 6.31. The van der Waals surface area contributed by atoms with Gasteiger partial charge < -0.3 is 14.6 Å². The van der Waals surface area contributed by atoms with Gasteiger partial charge in [-0.05, 0) is 47.7 Å². The third kappa shape index (κ3) is 4.70. The minimum absolute atomic E-state index is 0.0116. The number of hydrogen-bond donors (Lipinski definition) is 1. The summed E-state index contributed by atoms with van der Waals surface area (Å²) in [4.78, 5) is 30.3. The number of fused-ring (bicyclic) bond motifs is 1. The topological polar surface area (TPSA) is 62.4 Å². The number of nitrogens with one attached hydrogen (secondary N) is 1. The van der Waals surface area contributed by atoms with Crippen molar-refractivity contribution in [2.24, 2.45) is 0 Å². The number of ether oxygens (including phenoxy) is 1. The number of amides is 1. The first kappa shape index (κ1) is 21.3. The number of carbonyl (C=O) groups excluding carboxylic acids is 1. The smallest absolute Gasteiger partial charge is 0.257 e. The fourth-order valence-electron chi connectivity index (χ4n) is 3.64. The number of rotatable bonds is 7. The normalized spacial score (nSPS) is 10.8. The number of benzene rings is 3.